The van der Waals surface area contributed by atoms with Crippen LogP contribution in [0.25, 0.3) is 0 Å². The first-order chi connectivity index (χ1) is 9.03. The van der Waals surface area contributed by atoms with Gasteiger partial charge < -0.3 is 14.7 Å². The van der Waals surface area contributed by atoms with E-state index >= 15 is 0 Å². The Labute approximate surface area is 115 Å². The van der Waals surface area contributed by atoms with E-state index in [-0.39, 0.29) is 11.7 Å². The maximum Gasteiger partial charge on any atom is 0.253 e. The summed E-state index contributed by atoms with van der Waals surface area (Å²) >= 11 is 0. The highest BCUT2D eigenvalue weighted by Gasteiger charge is 2.17. The van der Waals surface area contributed by atoms with E-state index in [2.05, 4.69) is 13.8 Å². The van der Waals surface area contributed by atoms with Gasteiger partial charge in [-0.15, -0.1) is 0 Å². The topological polar surface area (TPSA) is 49.8 Å². The van der Waals surface area contributed by atoms with Crippen molar-refractivity contribution in [2.24, 2.45) is 5.92 Å². The number of amides is 1. The van der Waals surface area contributed by atoms with Crippen molar-refractivity contribution in [3.05, 3.63) is 23.8 Å². The average Bonchev–Trinajstić information content (AvgIpc) is 2.43. The van der Waals surface area contributed by atoms with Crippen molar-refractivity contribution >= 4 is 5.91 Å². The fourth-order valence-electron chi connectivity index (χ4n) is 1.87. The van der Waals surface area contributed by atoms with Crippen molar-refractivity contribution < 1.29 is 14.6 Å². The number of aromatic hydroxyl groups is 1. The van der Waals surface area contributed by atoms with E-state index in [0.29, 0.717) is 23.8 Å². The molecular formula is C15H23NO3. The number of hydrogen-bond acceptors (Lipinski definition) is 3. The Morgan fingerprint density at radius 2 is 2.11 bits per heavy atom. The normalized spacial score (nSPS) is 12.0. The summed E-state index contributed by atoms with van der Waals surface area (Å²) in [7, 11) is 1.48. The van der Waals surface area contributed by atoms with Crippen LogP contribution in [0, 0.1) is 5.92 Å². The summed E-state index contributed by atoms with van der Waals surface area (Å²) < 4.78 is 4.97. The molecule has 0 saturated heterocycles. The zero-order valence-corrected chi connectivity index (χ0v) is 12.1. The number of carbonyl (C=O) groups excluding carboxylic acids is 1. The fourth-order valence-corrected chi connectivity index (χ4v) is 1.87. The van der Waals surface area contributed by atoms with Crippen molar-refractivity contribution in [3.63, 3.8) is 0 Å². The summed E-state index contributed by atoms with van der Waals surface area (Å²) in [6.45, 7) is 7.60. The molecule has 19 heavy (non-hydrogen) atoms. The largest absolute Gasteiger partial charge is 0.504 e. The lowest BCUT2D eigenvalue weighted by atomic mass is 10.1. The lowest BCUT2D eigenvalue weighted by Gasteiger charge is -2.24. The predicted octanol–water partition coefficient (Wildman–Crippen LogP) is 2.91. The molecule has 1 aromatic rings. The molecule has 0 fully saturated rings. The van der Waals surface area contributed by atoms with Crippen LogP contribution in [0.4, 0.5) is 0 Å². The van der Waals surface area contributed by atoms with Crippen LogP contribution in [0.1, 0.15) is 37.6 Å². The molecule has 1 aromatic carbocycles. The molecule has 0 bridgehead atoms. The smallest absolute Gasteiger partial charge is 0.253 e. The van der Waals surface area contributed by atoms with E-state index in [1.54, 1.807) is 17.0 Å². The molecule has 4 nitrogen and oxygen atoms in total. The van der Waals surface area contributed by atoms with Crippen molar-refractivity contribution in [1.29, 1.82) is 0 Å². The van der Waals surface area contributed by atoms with Crippen molar-refractivity contribution in [3.8, 4) is 11.5 Å². The Morgan fingerprint density at radius 3 is 2.58 bits per heavy atom. The third-order valence-corrected chi connectivity index (χ3v) is 3.32. The summed E-state index contributed by atoms with van der Waals surface area (Å²) in [5.41, 5.74) is 0.489. The summed E-state index contributed by atoms with van der Waals surface area (Å²) in [5, 5.41) is 9.73. The molecule has 0 aliphatic rings. The number of ether oxygens (including phenoxy) is 1. The number of phenols is 1. The molecule has 1 unspecified atom stereocenters. The van der Waals surface area contributed by atoms with Gasteiger partial charge >= 0.3 is 0 Å². The first-order valence-electron chi connectivity index (χ1n) is 6.69. The highest BCUT2D eigenvalue weighted by atomic mass is 16.5. The molecule has 0 aromatic heterocycles. The van der Waals surface area contributed by atoms with Crippen LogP contribution in [0.3, 0.4) is 0 Å². The molecule has 1 rings (SSSR count). The first kappa shape index (κ1) is 15.3. The fraction of sp³-hybridized carbons (Fsp3) is 0.533. The Balaban J connectivity index is 2.88. The Bertz CT molecular complexity index is 431. The third kappa shape index (κ3) is 3.88. The van der Waals surface area contributed by atoms with E-state index in [0.717, 1.165) is 13.0 Å². The first-order valence-corrected chi connectivity index (χ1v) is 6.69. The summed E-state index contributed by atoms with van der Waals surface area (Å²) in [5.74, 6) is 0.783. The maximum absolute atomic E-state index is 12.4. The van der Waals surface area contributed by atoms with E-state index in [4.69, 9.17) is 4.74 Å². The molecule has 106 valence electrons. The van der Waals surface area contributed by atoms with E-state index in [1.165, 1.54) is 13.2 Å². The van der Waals surface area contributed by atoms with Gasteiger partial charge in [0.15, 0.2) is 11.5 Å². The lowest BCUT2D eigenvalue weighted by Crippen LogP contribution is -2.34. The van der Waals surface area contributed by atoms with Crippen LogP contribution in [0.5, 0.6) is 11.5 Å². The lowest BCUT2D eigenvalue weighted by molar-refractivity contribution is 0.0740. The standard InChI is InChI=1S/C15H23NO3/c1-5-11(3)10-16(6-2)15(18)12-7-8-14(19-4)13(17)9-12/h7-9,11,17H,5-6,10H2,1-4H3. The number of rotatable bonds is 6. The minimum Gasteiger partial charge on any atom is -0.504 e. The SMILES string of the molecule is CCC(C)CN(CC)C(=O)c1ccc(OC)c(O)c1. The Kier molecular flexibility index (Phi) is 5.67. The van der Waals surface area contributed by atoms with Gasteiger partial charge in [-0.2, -0.15) is 0 Å². The summed E-state index contributed by atoms with van der Waals surface area (Å²) in [4.78, 5) is 14.2. The van der Waals surface area contributed by atoms with Crippen LogP contribution in [0.15, 0.2) is 18.2 Å². The quantitative estimate of drug-likeness (QED) is 0.860. The van der Waals surface area contributed by atoms with Gasteiger partial charge in [-0.3, -0.25) is 4.79 Å². The van der Waals surface area contributed by atoms with Crippen molar-refractivity contribution in [2.45, 2.75) is 27.2 Å². The van der Waals surface area contributed by atoms with Gasteiger partial charge in [0.05, 0.1) is 7.11 Å². The van der Waals surface area contributed by atoms with Gasteiger partial charge in [-0.05, 0) is 31.0 Å². The number of methoxy groups -OCH3 is 1. The van der Waals surface area contributed by atoms with Crippen LogP contribution < -0.4 is 4.74 Å². The molecule has 4 heteroatoms. The van der Waals surface area contributed by atoms with E-state index in [9.17, 15) is 9.90 Å². The molecule has 0 heterocycles. The second-order valence-corrected chi connectivity index (χ2v) is 4.74. The molecule has 1 N–H and O–H groups in total. The van der Waals surface area contributed by atoms with Gasteiger partial charge in [0.2, 0.25) is 0 Å². The second-order valence-electron chi connectivity index (χ2n) is 4.74. The number of carbonyl (C=O) groups is 1. The zero-order chi connectivity index (χ0) is 14.4. The number of hydrogen-bond donors (Lipinski definition) is 1. The van der Waals surface area contributed by atoms with Crippen LogP contribution >= 0.6 is 0 Å². The average molecular weight is 265 g/mol. The van der Waals surface area contributed by atoms with E-state index < -0.39 is 0 Å². The highest BCUT2D eigenvalue weighted by molar-refractivity contribution is 5.94. The summed E-state index contributed by atoms with van der Waals surface area (Å²) in [6.07, 6.45) is 1.04. The van der Waals surface area contributed by atoms with Crippen molar-refractivity contribution in [1.82, 2.24) is 4.90 Å². The summed E-state index contributed by atoms with van der Waals surface area (Å²) in [6, 6.07) is 4.75. The van der Waals surface area contributed by atoms with Gasteiger partial charge in [0, 0.05) is 18.7 Å². The van der Waals surface area contributed by atoms with Gasteiger partial charge in [-0.25, -0.2) is 0 Å². The molecule has 0 spiro atoms. The Morgan fingerprint density at radius 1 is 1.42 bits per heavy atom. The van der Waals surface area contributed by atoms with Crippen LogP contribution in [-0.4, -0.2) is 36.1 Å². The molecule has 0 saturated carbocycles. The van der Waals surface area contributed by atoms with Gasteiger partial charge in [0.1, 0.15) is 0 Å². The third-order valence-electron chi connectivity index (χ3n) is 3.32. The number of benzene rings is 1. The molecule has 0 aliphatic heterocycles. The molecule has 1 amide bonds. The maximum atomic E-state index is 12.4. The van der Waals surface area contributed by atoms with Crippen LogP contribution in [0.2, 0.25) is 0 Å². The van der Waals surface area contributed by atoms with Gasteiger partial charge in [0.25, 0.3) is 5.91 Å². The van der Waals surface area contributed by atoms with Gasteiger partial charge in [-0.1, -0.05) is 20.3 Å². The molecule has 0 radical (unpaired) electrons. The minimum atomic E-state index is -0.0549. The molecule has 1 atom stereocenters. The Hall–Kier alpha value is -1.71. The zero-order valence-electron chi connectivity index (χ0n) is 12.1. The monoisotopic (exact) mass is 265 g/mol. The number of phenolic OH excluding ortho intramolecular Hbond substituents is 1. The predicted molar refractivity (Wildman–Crippen MR) is 75.7 cm³/mol. The second kappa shape index (κ2) is 7.02. The highest BCUT2D eigenvalue weighted by Crippen LogP contribution is 2.26. The molecule has 0 aliphatic carbocycles. The van der Waals surface area contributed by atoms with E-state index in [1.807, 2.05) is 6.92 Å². The van der Waals surface area contributed by atoms with Crippen LogP contribution in [-0.2, 0) is 0 Å². The van der Waals surface area contributed by atoms with Crippen molar-refractivity contribution in [2.75, 3.05) is 20.2 Å². The minimum absolute atomic E-state index is 0.00653. The molecular weight excluding hydrogens is 242 g/mol. The number of nitrogens with zero attached hydrogens (tertiary/aromatic N) is 1.